The molecule has 3 nitrogen and oxygen atoms in total. The number of rotatable bonds is 8. The third kappa shape index (κ3) is 7.26. The van der Waals surface area contributed by atoms with Crippen molar-refractivity contribution in [3.05, 3.63) is 230 Å². The molecule has 0 aliphatic rings. The van der Waals surface area contributed by atoms with Gasteiger partial charge in [0.15, 0.2) is 5.82 Å². The van der Waals surface area contributed by atoms with Crippen LogP contribution in [0.3, 0.4) is 0 Å². The Bertz CT molecular complexity index is 3530. The molecule has 0 bridgehead atoms. The minimum absolute atomic E-state index is 0.713. The fraction of sp³-hybridized carbons (Fsp3) is 0.0167. The van der Waals surface area contributed by atoms with Crippen LogP contribution in [-0.2, 0) is 0 Å². The van der Waals surface area contributed by atoms with E-state index in [4.69, 9.17) is 15.0 Å². The molecule has 63 heavy (non-hydrogen) atoms. The molecule has 0 saturated heterocycles. The summed E-state index contributed by atoms with van der Waals surface area (Å²) in [6.07, 6.45) is 8.50. The van der Waals surface area contributed by atoms with E-state index in [9.17, 15) is 0 Å². The first-order chi connectivity index (χ1) is 31.2. The Morgan fingerprint density at radius 2 is 0.857 bits per heavy atom. The summed E-state index contributed by atoms with van der Waals surface area (Å²) in [6.45, 7) is 2.05. The van der Waals surface area contributed by atoms with Crippen molar-refractivity contribution in [1.29, 1.82) is 0 Å². The van der Waals surface area contributed by atoms with Gasteiger partial charge in [0.1, 0.15) is 0 Å². The summed E-state index contributed by atoms with van der Waals surface area (Å²) in [5, 5.41) is 6.92. The van der Waals surface area contributed by atoms with Crippen LogP contribution in [0.2, 0.25) is 0 Å². The first kappa shape index (κ1) is 37.7. The normalized spacial score (nSPS) is 11.8. The van der Waals surface area contributed by atoms with Gasteiger partial charge in [0.25, 0.3) is 0 Å². The molecule has 0 fully saturated rings. The summed E-state index contributed by atoms with van der Waals surface area (Å²) in [5.41, 5.74) is 15.0. The molecule has 0 aliphatic carbocycles. The lowest BCUT2D eigenvalue weighted by Crippen LogP contribution is -1.95. The molecule has 296 valence electrons. The molecule has 11 aromatic rings. The second kappa shape index (κ2) is 16.3. The fourth-order valence-corrected chi connectivity index (χ4v) is 8.78. The lowest BCUT2D eigenvalue weighted by molar-refractivity contribution is 1.23. The van der Waals surface area contributed by atoms with Crippen LogP contribution in [0.15, 0.2) is 224 Å². The van der Waals surface area contributed by atoms with E-state index in [1.165, 1.54) is 27.3 Å². The molecule has 3 heteroatoms. The van der Waals surface area contributed by atoms with Crippen molar-refractivity contribution in [2.75, 3.05) is 0 Å². The Hall–Kier alpha value is -8.27. The molecule has 0 amide bonds. The standard InChI is InChI=1S/C60H41N3/c1-2-3-5-18-49-38-51(39-54-57(49)52-19-10-12-21-55(52)61-59(54)50-36-31-41-16-8-9-17-48(41)37-50)45-25-23-43(24-26-45)44-27-32-46(33-28-44)58-53-20-11-13-22-56(53)62-60(63-58)47-34-29-42(30-35-47)40-14-6-4-7-15-40/h2-39H,1H3/b3-2-,18-5-. The molecule has 0 N–H and O–H groups in total. The predicted octanol–water partition coefficient (Wildman–Crippen LogP) is 16.1. The highest BCUT2D eigenvalue weighted by Crippen LogP contribution is 2.40. The molecular formula is C60H41N3. The number of nitrogens with zero attached hydrogens (tertiary/aromatic N) is 3. The van der Waals surface area contributed by atoms with E-state index in [2.05, 4.69) is 218 Å². The van der Waals surface area contributed by atoms with Crippen molar-refractivity contribution in [2.24, 2.45) is 0 Å². The summed E-state index contributed by atoms with van der Waals surface area (Å²) in [5.74, 6) is 0.713. The molecule has 2 aromatic heterocycles. The zero-order valence-electron chi connectivity index (χ0n) is 34.8. The van der Waals surface area contributed by atoms with Crippen molar-refractivity contribution in [3.63, 3.8) is 0 Å². The van der Waals surface area contributed by atoms with E-state index in [0.29, 0.717) is 5.82 Å². The van der Waals surface area contributed by atoms with Crippen molar-refractivity contribution in [2.45, 2.75) is 6.92 Å². The van der Waals surface area contributed by atoms with E-state index in [1.807, 2.05) is 19.1 Å². The van der Waals surface area contributed by atoms with Crippen LogP contribution in [0.4, 0.5) is 0 Å². The van der Waals surface area contributed by atoms with Gasteiger partial charge < -0.3 is 0 Å². The summed E-state index contributed by atoms with van der Waals surface area (Å²) >= 11 is 0. The monoisotopic (exact) mass is 803 g/mol. The number of hydrogen-bond acceptors (Lipinski definition) is 3. The highest BCUT2D eigenvalue weighted by Gasteiger charge is 2.17. The molecule has 0 radical (unpaired) electrons. The van der Waals surface area contributed by atoms with Crippen LogP contribution in [0, 0.1) is 0 Å². The van der Waals surface area contributed by atoms with Gasteiger partial charge in [-0.3, -0.25) is 0 Å². The van der Waals surface area contributed by atoms with E-state index >= 15 is 0 Å². The summed E-state index contributed by atoms with van der Waals surface area (Å²) in [6, 6.07) is 73.3. The first-order valence-corrected chi connectivity index (χ1v) is 21.5. The smallest absolute Gasteiger partial charge is 0.160 e. The number of para-hydroxylation sites is 2. The van der Waals surface area contributed by atoms with Crippen LogP contribution >= 0.6 is 0 Å². The number of allylic oxidation sites excluding steroid dienone is 3. The maximum Gasteiger partial charge on any atom is 0.160 e. The second-order valence-corrected chi connectivity index (χ2v) is 15.9. The zero-order valence-corrected chi connectivity index (χ0v) is 34.8. The van der Waals surface area contributed by atoms with Crippen molar-refractivity contribution in [3.8, 4) is 67.3 Å². The Morgan fingerprint density at radius 1 is 0.333 bits per heavy atom. The van der Waals surface area contributed by atoms with Crippen LogP contribution in [-0.4, -0.2) is 15.0 Å². The molecule has 0 spiro atoms. The highest BCUT2D eigenvalue weighted by molar-refractivity contribution is 6.15. The van der Waals surface area contributed by atoms with Gasteiger partial charge in [-0.1, -0.05) is 200 Å². The quantitative estimate of drug-likeness (QED) is 0.113. The predicted molar refractivity (Wildman–Crippen MR) is 266 cm³/mol. The molecule has 0 aliphatic heterocycles. The van der Waals surface area contributed by atoms with E-state index < -0.39 is 0 Å². The zero-order chi connectivity index (χ0) is 42.1. The second-order valence-electron chi connectivity index (χ2n) is 15.9. The van der Waals surface area contributed by atoms with Crippen LogP contribution in [0.25, 0.3) is 117 Å². The first-order valence-electron chi connectivity index (χ1n) is 21.5. The molecule has 9 aromatic carbocycles. The van der Waals surface area contributed by atoms with Gasteiger partial charge in [-0.05, 0) is 87.0 Å². The Labute approximate surface area is 367 Å². The Morgan fingerprint density at radius 3 is 1.56 bits per heavy atom. The largest absolute Gasteiger partial charge is 0.247 e. The third-order valence-corrected chi connectivity index (χ3v) is 12.0. The van der Waals surface area contributed by atoms with E-state index in [-0.39, 0.29) is 0 Å². The average Bonchev–Trinajstić information content (AvgIpc) is 3.36. The molecule has 11 rings (SSSR count). The van der Waals surface area contributed by atoms with Crippen molar-refractivity contribution >= 4 is 49.4 Å². The SMILES string of the molecule is C/C=C\C=C/c1cc(-c2ccc(-c3ccc(-c4nc(-c5ccc(-c6ccccc6)cc5)nc5ccccc45)cc3)cc2)cc2c(-c3ccc4ccccc4c3)nc3ccccc3c12. The number of fused-ring (bicyclic) bond motifs is 5. The van der Waals surface area contributed by atoms with E-state index in [1.54, 1.807) is 0 Å². The number of benzene rings is 9. The van der Waals surface area contributed by atoms with Crippen LogP contribution in [0.5, 0.6) is 0 Å². The van der Waals surface area contributed by atoms with Gasteiger partial charge in [0, 0.05) is 38.2 Å². The minimum atomic E-state index is 0.713. The van der Waals surface area contributed by atoms with Crippen LogP contribution < -0.4 is 0 Å². The lowest BCUT2D eigenvalue weighted by atomic mass is 9.91. The maximum atomic E-state index is 5.34. The van der Waals surface area contributed by atoms with Crippen LogP contribution in [0.1, 0.15) is 12.5 Å². The molecule has 0 atom stereocenters. The molecule has 2 heterocycles. The van der Waals surface area contributed by atoms with Gasteiger partial charge in [-0.2, -0.15) is 0 Å². The number of aromatic nitrogens is 3. The molecular weight excluding hydrogens is 763 g/mol. The van der Waals surface area contributed by atoms with Gasteiger partial charge in [-0.25, -0.2) is 15.0 Å². The highest BCUT2D eigenvalue weighted by atomic mass is 14.9. The maximum absolute atomic E-state index is 5.34. The molecule has 0 unspecified atom stereocenters. The lowest BCUT2D eigenvalue weighted by Gasteiger charge is -2.15. The van der Waals surface area contributed by atoms with Gasteiger partial charge >= 0.3 is 0 Å². The summed E-state index contributed by atoms with van der Waals surface area (Å²) < 4.78 is 0. The van der Waals surface area contributed by atoms with Gasteiger partial charge in [0.2, 0.25) is 0 Å². The third-order valence-electron chi connectivity index (χ3n) is 12.0. The average molecular weight is 804 g/mol. The summed E-state index contributed by atoms with van der Waals surface area (Å²) in [7, 11) is 0. The Kier molecular flexibility index (Phi) is 9.76. The van der Waals surface area contributed by atoms with E-state index in [0.717, 1.165) is 83.1 Å². The number of hydrogen-bond donors (Lipinski definition) is 0. The van der Waals surface area contributed by atoms with Crippen molar-refractivity contribution < 1.29 is 0 Å². The topological polar surface area (TPSA) is 38.7 Å². The fourth-order valence-electron chi connectivity index (χ4n) is 8.78. The van der Waals surface area contributed by atoms with Crippen molar-refractivity contribution in [1.82, 2.24) is 15.0 Å². The number of pyridine rings is 1. The van der Waals surface area contributed by atoms with Gasteiger partial charge in [-0.15, -0.1) is 0 Å². The minimum Gasteiger partial charge on any atom is -0.247 e. The summed E-state index contributed by atoms with van der Waals surface area (Å²) in [4.78, 5) is 15.5. The van der Waals surface area contributed by atoms with Gasteiger partial charge in [0.05, 0.1) is 22.4 Å². The molecule has 0 saturated carbocycles. The Balaban J connectivity index is 0.956.